The van der Waals surface area contributed by atoms with Crippen LogP contribution in [0, 0.1) is 11.3 Å². The topological polar surface area (TPSA) is 74.7 Å². The highest BCUT2D eigenvalue weighted by molar-refractivity contribution is 7.16. The van der Waals surface area contributed by atoms with Crippen molar-refractivity contribution in [1.82, 2.24) is 0 Å². The summed E-state index contributed by atoms with van der Waals surface area (Å²) in [5, 5.41) is 13.3. The van der Waals surface area contributed by atoms with E-state index in [1.54, 1.807) is 11.3 Å². The number of nitrogens with zero attached hydrogens (tertiary/aromatic N) is 2. The number of H-pyrrole nitrogens is 1. The Morgan fingerprint density at radius 3 is 2.85 bits per heavy atom. The normalized spacial score (nSPS) is 17.2. The Hall–Kier alpha value is -2.43. The number of aryl methyl sites for hydroxylation is 1. The molecule has 1 fully saturated rings. The van der Waals surface area contributed by atoms with E-state index in [9.17, 15) is 10.1 Å². The number of nitrogens with one attached hydrogen (secondary N) is 3. The quantitative estimate of drug-likeness (QED) is 0.814. The van der Waals surface area contributed by atoms with Crippen LogP contribution in [0.15, 0.2) is 24.4 Å². The van der Waals surface area contributed by atoms with Crippen molar-refractivity contribution in [3.05, 3.63) is 40.4 Å². The molecule has 0 saturated carbocycles. The molecule has 0 bridgehead atoms. The van der Waals surface area contributed by atoms with Gasteiger partial charge in [-0.05, 0) is 37.3 Å². The first-order valence-corrected chi connectivity index (χ1v) is 10.5. The fourth-order valence-corrected chi connectivity index (χ4v) is 5.25. The van der Waals surface area contributed by atoms with Crippen LogP contribution in [0.25, 0.3) is 0 Å². The average Bonchev–Trinajstić information content (AvgIpc) is 3.06. The van der Waals surface area contributed by atoms with Gasteiger partial charge in [0.15, 0.2) is 6.54 Å². The van der Waals surface area contributed by atoms with Crippen molar-refractivity contribution in [3.8, 4) is 6.07 Å². The number of carbonyl (C=O) groups is 1. The highest BCUT2D eigenvalue weighted by Crippen LogP contribution is 2.37. The summed E-state index contributed by atoms with van der Waals surface area (Å²) in [6, 6.07) is 8.41. The summed E-state index contributed by atoms with van der Waals surface area (Å²) in [4.78, 5) is 20.7. The molecule has 1 saturated heterocycles. The Morgan fingerprint density at radius 2 is 2.11 bits per heavy atom. The number of anilines is 2. The van der Waals surface area contributed by atoms with Crippen molar-refractivity contribution < 1.29 is 14.7 Å². The first-order chi connectivity index (χ1) is 13.2. The van der Waals surface area contributed by atoms with E-state index in [-0.39, 0.29) is 5.91 Å². The van der Waals surface area contributed by atoms with Crippen LogP contribution in [0.1, 0.15) is 28.8 Å². The van der Waals surface area contributed by atoms with Crippen LogP contribution in [0.4, 0.5) is 10.8 Å². The molecular formula is C20H25N5OS+2. The van der Waals surface area contributed by atoms with E-state index in [1.807, 2.05) is 18.3 Å². The van der Waals surface area contributed by atoms with Gasteiger partial charge in [0, 0.05) is 10.9 Å². The van der Waals surface area contributed by atoms with Crippen LogP contribution in [-0.2, 0) is 17.6 Å². The zero-order valence-electron chi connectivity index (χ0n) is 15.4. The van der Waals surface area contributed by atoms with E-state index in [4.69, 9.17) is 0 Å². The number of aromatic nitrogens is 1. The molecule has 1 aliphatic heterocycles. The molecule has 0 aromatic carbocycles. The standard InChI is InChI=1S/C20H23N5OS/c21-13-16-15-5-1-2-6-17(15)27-20(16)23-19(26)14-24-9-11-25(12-10-24)18-7-3-4-8-22-18/h3-4,7-8H,1-2,5-6,9-12,14H2,(H,23,26)/p+2. The Labute approximate surface area is 163 Å². The van der Waals surface area contributed by atoms with Crippen molar-refractivity contribution in [2.24, 2.45) is 0 Å². The van der Waals surface area contributed by atoms with Gasteiger partial charge in [0.05, 0.1) is 11.8 Å². The lowest BCUT2D eigenvalue weighted by Crippen LogP contribution is -3.15. The van der Waals surface area contributed by atoms with E-state index in [2.05, 4.69) is 27.3 Å². The minimum Gasteiger partial charge on any atom is -0.321 e. The van der Waals surface area contributed by atoms with E-state index < -0.39 is 0 Å². The lowest BCUT2D eigenvalue weighted by molar-refractivity contribution is -0.892. The summed E-state index contributed by atoms with van der Waals surface area (Å²) in [6.45, 7) is 4.18. The molecular weight excluding hydrogens is 358 g/mol. The number of hydrogen-bond donors (Lipinski definition) is 2. The molecule has 1 aliphatic carbocycles. The average molecular weight is 384 g/mol. The van der Waals surface area contributed by atoms with Crippen LogP contribution in [0.2, 0.25) is 0 Å². The van der Waals surface area contributed by atoms with Crippen LogP contribution in [0.3, 0.4) is 0 Å². The lowest BCUT2D eigenvalue weighted by atomic mass is 9.96. The summed E-state index contributed by atoms with van der Waals surface area (Å²) in [6.07, 6.45) is 6.26. The number of amides is 1. The molecule has 0 unspecified atom stereocenters. The summed E-state index contributed by atoms with van der Waals surface area (Å²) in [7, 11) is 0. The largest absolute Gasteiger partial charge is 0.321 e. The van der Waals surface area contributed by atoms with Gasteiger partial charge >= 0.3 is 0 Å². The monoisotopic (exact) mass is 383 g/mol. The van der Waals surface area contributed by atoms with Crippen LogP contribution in [-0.4, -0.2) is 38.6 Å². The van der Waals surface area contributed by atoms with Gasteiger partial charge in [-0.3, -0.25) is 9.69 Å². The lowest BCUT2D eigenvalue weighted by Gasteiger charge is -2.27. The molecule has 2 aliphatic rings. The van der Waals surface area contributed by atoms with Gasteiger partial charge in [0.2, 0.25) is 0 Å². The minimum absolute atomic E-state index is 0.0137. The number of quaternary nitrogens is 1. The van der Waals surface area contributed by atoms with Crippen molar-refractivity contribution >= 4 is 28.1 Å². The van der Waals surface area contributed by atoms with Gasteiger partial charge in [-0.2, -0.15) is 5.26 Å². The molecule has 0 radical (unpaired) electrons. The van der Waals surface area contributed by atoms with Gasteiger partial charge in [0.25, 0.3) is 11.7 Å². The molecule has 7 heteroatoms. The Kier molecular flexibility index (Phi) is 5.37. The zero-order valence-corrected chi connectivity index (χ0v) is 16.2. The number of nitriles is 1. The van der Waals surface area contributed by atoms with Gasteiger partial charge in [-0.15, -0.1) is 11.3 Å². The third-order valence-electron chi connectivity index (χ3n) is 5.45. The number of thiophene rings is 1. The van der Waals surface area contributed by atoms with E-state index in [0.717, 1.165) is 56.3 Å². The van der Waals surface area contributed by atoms with E-state index >= 15 is 0 Å². The number of carbonyl (C=O) groups excluding carboxylic acids is 1. The fourth-order valence-electron chi connectivity index (χ4n) is 3.99. The maximum atomic E-state index is 12.6. The molecule has 2 aromatic heterocycles. The minimum atomic E-state index is 0.0137. The second-order valence-corrected chi connectivity index (χ2v) is 8.34. The summed E-state index contributed by atoms with van der Waals surface area (Å²) in [5.41, 5.74) is 1.87. The maximum Gasteiger partial charge on any atom is 0.280 e. The van der Waals surface area contributed by atoms with Crippen molar-refractivity contribution in [2.75, 3.05) is 42.9 Å². The predicted molar refractivity (Wildman–Crippen MR) is 105 cm³/mol. The van der Waals surface area contributed by atoms with E-state index in [1.165, 1.54) is 21.8 Å². The highest BCUT2D eigenvalue weighted by atomic mass is 32.1. The van der Waals surface area contributed by atoms with Crippen molar-refractivity contribution in [3.63, 3.8) is 0 Å². The summed E-state index contributed by atoms with van der Waals surface area (Å²) in [5.74, 6) is 1.14. The van der Waals surface area contributed by atoms with Gasteiger partial charge in [0.1, 0.15) is 37.2 Å². The van der Waals surface area contributed by atoms with Crippen molar-refractivity contribution in [2.45, 2.75) is 25.7 Å². The second kappa shape index (κ2) is 8.07. The summed E-state index contributed by atoms with van der Waals surface area (Å²) < 4.78 is 0. The number of aromatic amines is 1. The molecule has 4 rings (SSSR count). The van der Waals surface area contributed by atoms with Crippen LogP contribution in [0.5, 0.6) is 0 Å². The molecule has 6 nitrogen and oxygen atoms in total. The van der Waals surface area contributed by atoms with Gasteiger partial charge in [-0.1, -0.05) is 6.07 Å². The molecule has 0 atom stereocenters. The number of fused-ring (bicyclic) bond motifs is 1. The predicted octanol–water partition coefficient (Wildman–Crippen LogP) is 0.656. The molecule has 3 heterocycles. The number of pyridine rings is 1. The van der Waals surface area contributed by atoms with Crippen molar-refractivity contribution in [1.29, 1.82) is 5.26 Å². The molecule has 3 N–H and O–H groups in total. The third kappa shape index (κ3) is 3.97. The summed E-state index contributed by atoms with van der Waals surface area (Å²) >= 11 is 1.60. The number of piperazine rings is 1. The molecule has 27 heavy (non-hydrogen) atoms. The Balaban J connectivity index is 1.33. The zero-order chi connectivity index (χ0) is 18.6. The van der Waals surface area contributed by atoms with Gasteiger partial charge < -0.3 is 10.2 Å². The molecule has 140 valence electrons. The fraction of sp³-hybridized carbons (Fsp3) is 0.450. The molecule has 2 aromatic rings. The molecule has 1 amide bonds. The highest BCUT2D eigenvalue weighted by Gasteiger charge is 2.28. The van der Waals surface area contributed by atoms with E-state index in [0.29, 0.717) is 12.1 Å². The van der Waals surface area contributed by atoms with Crippen LogP contribution < -0.4 is 20.1 Å². The SMILES string of the molecule is N#Cc1c(NC(=O)C[NH+]2CCN(c3cccc[nH+]3)CC2)sc2c1CCCC2. The maximum absolute atomic E-state index is 12.6. The Morgan fingerprint density at radius 1 is 1.30 bits per heavy atom. The van der Waals surface area contributed by atoms with Crippen LogP contribution >= 0.6 is 11.3 Å². The third-order valence-corrected chi connectivity index (χ3v) is 6.66. The molecule has 0 spiro atoms. The first kappa shape index (κ1) is 18.0. The smallest absolute Gasteiger partial charge is 0.280 e. The number of hydrogen-bond acceptors (Lipinski definition) is 4. The first-order valence-electron chi connectivity index (χ1n) is 9.64. The van der Waals surface area contributed by atoms with Gasteiger partial charge in [-0.25, -0.2) is 4.98 Å². The second-order valence-electron chi connectivity index (χ2n) is 7.24. The number of rotatable bonds is 4. The Bertz CT molecular complexity index is 849.